The van der Waals surface area contributed by atoms with Gasteiger partial charge in [-0.25, -0.2) is 17.6 Å². The van der Waals surface area contributed by atoms with Crippen molar-refractivity contribution in [2.75, 3.05) is 17.9 Å². The summed E-state index contributed by atoms with van der Waals surface area (Å²) in [7, 11) is -4.11. The molecule has 0 aliphatic rings. The van der Waals surface area contributed by atoms with E-state index in [0.29, 0.717) is 5.56 Å². The van der Waals surface area contributed by atoms with Crippen LogP contribution in [0.1, 0.15) is 22.3 Å². The average molecular weight is 383 g/mol. The predicted octanol–water partition coefficient (Wildman–Crippen LogP) is 2.39. The average Bonchev–Trinajstić information content (AvgIpc) is 2.55. The maximum atomic E-state index is 13.5. The van der Waals surface area contributed by atoms with E-state index in [2.05, 4.69) is 4.72 Å². The van der Waals surface area contributed by atoms with Gasteiger partial charge in [0, 0.05) is 13.0 Å². The van der Waals surface area contributed by atoms with E-state index in [1.807, 2.05) is 0 Å². The quantitative estimate of drug-likeness (QED) is 0.604. The highest BCUT2D eigenvalue weighted by Gasteiger charge is 2.19. The van der Waals surface area contributed by atoms with Crippen LogP contribution < -0.4 is 9.46 Å². The maximum absolute atomic E-state index is 13.5. The number of aromatic carboxylic acids is 1. The van der Waals surface area contributed by atoms with Crippen LogP contribution in [0.5, 0.6) is 5.75 Å². The normalized spacial score (nSPS) is 11.2. The van der Waals surface area contributed by atoms with E-state index in [-0.39, 0.29) is 41.5 Å². The van der Waals surface area contributed by atoms with Crippen molar-refractivity contribution in [2.45, 2.75) is 18.2 Å². The van der Waals surface area contributed by atoms with Gasteiger partial charge >= 0.3 is 5.97 Å². The molecule has 0 saturated heterocycles. The van der Waals surface area contributed by atoms with Crippen molar-refractivity contribution in [2.24, 2.45) is 0 Å². The molecule has 3 N–H and O–H groups in total. The topological polar surface area (TPSA) is 113 Å². The molecule has 0 aromatic heterocycles. The van der Waals surface area contributed by atoms with E-state index in [0.717, 1.165) is 6.07 Å². The minimum Gasteiger partial charge on any atom is -0.491 e. The fourth-order valence-corrected chi connectivity index (χ4v) is 3.35. The number of anilines is 1. The van der Waals surface area contributed by atoms with Crippen LogP contribution in [0.25, 0.3) is 0 Å². The molecular weight excluding hydrogens is 365 g/mol. The summed E-state index contributed by atoms with van der Waals surface area (Å²) in [6.45, 7) is 1.49. The molecule has 0 radical (unpaired) electrons. The molecule has 140 valence electrons. The van der Waals surface area contributed by atoms with Crippen molar-refractivity contribution in [3.8, 4) is 5.75 Å². The maximum Gasteiger partial charge on any atom is 0.335 e. The number of aliphatic hydroxyl groups excluding tert-OH is 1. The van der Waals surface area contributed by atoms with E-state index in [1.54, 1.807) is 6.92 Å². The fraction of sp³-hybridized carbons (Fsp3) is 0.235. The number of aliphatic hydroxyl groups is 1. The summed E-state index contributed by atoms with van der Waals surface area (Å²) in [4.78, 5) is 10.8. The SMILES string of the molecule is Cc1cc(F)cc(S(=O)(=O)Nc2ccc(C(=O)O)cc2OCCCO)c1. The van der Waals surface area contributed by atoms with Gasteiger partial charge in [-0.3, -0.25) is 4.72 Å². The van der Waals surface area contributed by atoms with Gasteiger partial charge in [-0.2, -0.15) is 0 Å². The number of aryl methyl sites for hydroxylation is 1. The lowest BCUT2D eigenvalue weighted by molar-refractivity contribution is 0.0696. The molecule has 0 heterocycles. The number of sulfonamides is 1. The number of carboxylic acid groups (broad SMARTS) is 1. The molecule has 0 atom stereocenters. The molecule has 2 aromatic carbocycles. The Kier molecular flexibility index (Phi) is 6.17. The van der Waals surface area contributed by atoms with Gasteiger partial charge in [-0.05, 0) is 48.9 Å². The summed E-state index contributed by atoms with van der Waals surface area (Å²) in [5.41, 5.74) is 0.356. The van der Waals surface area contributed by atoms with Crippen LogP contribution >= 0.6 is 0 Å². The van der Waals surface area contributed by atoms with Gasteiger partial charge in [-0.15, -0.1) is 0 Å². The van der Waals surface area contributed by atoms with Crippen molar-refractivity contribution in [3.05, 3.63) is 53.3 Å². The number of rotatable bonds is 8. The van der Waals surface area contributed by atoms with Crippen LogP contribution in [0, 0.1) is 12.7 Å². The van der Waals surface area contributed by atoms with Gasteiger partial charge in [0.1, 0.15) is 11.6 Å². The molecule has 26 heavy (non-hydrogen) atoms. The summed E-state index contributed by atoms with van der Waals surface area (Å²) in [5.74, 6) is -1.90. The lowest BCUT2D eigenvalue weighted by Gasteiger charge is -2.14. The Morgan fingerprint density at radius 1 is 1.23 bits per heavy atom. The number of halogens is 1. The number of ether oxygens (including phenoxy) is 1. The molecule has 7 nitrogen and oxygen atoms in total. The van der Waals surface area contributed by atoms with Crippen molar-refractivity contribution in [3.63, 3.8) is 0 Å². The molecule has 9 heteroatoms. The first-order valence-electron chi connectivity index (χ1n) is 7.64. The van der Waals surface area contributed by atoms with Gasteiger partial charge in [-0.1, -0.05) is 0 Å². The Hall–Kier alpha value is -2.65. The highest BCUT2D eigenvalue weighted by atomic mass is 32.2. The van der Waals surface area contributed by atoms with Gasteiger partial charge in [0.2, 0.25) is 0 Å². The van der Waals surface area contributed by atoms with Gasteiger partial charge < -0.3 is 14.9 Å². The molecule has 0 bridgehead atoms. The number of hydrogen-bond acceptors (Lipinski definition) is 5. The molecular formula is C17H18FNO6S. The fourth-order valence-electron chi connectivity index (χ4n) is 2.17. The first-order chi connectivity index (χ1) is 12.2. The van der Waals surface area contributed by atoms with Crippen molar-refractivity contribution in [1.29, 1.82) is 0 Å². The van der Waals surface area contributed by atoms with Gasteiger partial charge in [0.15, 0.2) is 0 Å². The monoisotopic (exact) mass is 383 g/mol. The zero-order chi connectivity index (χ0) is 19.3. The molecule has 0 unspecified atom stereocenters. The van der Waals surface area contributed by atoms with Gasteiger partial charge in [0.05, 0.1) is 22.8 Å². The molecule has 2 aromatic rings. The Morgan fingerprint density at radius 3 is 2.58 bits per heavy atom. The second kappa shape index (κ2) is 8.15. The minimum atomic E-state index is -4.11. The van der Waals surface area contributed by atoms with Crippen LogP contribution in [0.2, 0.25) is 0 Å². The largest absolute Gasteiger partial charge is 0.491 e. The molecule has 0 fully saturated rings. The zero-order valence-electron chi connectivity index (χ0n) is 13.9. The Labute approximate surface area is 150 Å². The second-order valence-electron chi connectivity index (χ2n) is 5.51. The number of carboxylic acids is 1. The molecule has 0 aliphatic carbocycles. The molecule has 0 aliphatic heterocycles. The Bertz CT molecular complexity index is 893. The third-order valence-electron chi connectivity index (χ3n) is 3.36. The van der Waals surface area contributed by atoms with Crippen LogP contribution in [0.3, 0.4) is 0 Å². The highest BCUT2D eigenvalue weighted by Crippen LogP contribution is 2.29. The summed E-state index contributed by atoms with van der Waals surface area (Å²) < 4.78 is 46.2. The van der Waals surface area contributed by atoms with Crippen LogP contribution in [-0.4, -0.2) is 37.8 Å². The zero-order valence-corrected chi connectivity index (χ0v) is 14.7. The summed E-state index contributed by atoms with van der Waals surface area (Å²) in [6, 6.07) is 7.03. The van der Waals surface area contributed by atoms with Crippen LogP contribution in [0.4, 0.5) is 10.1 Å². The van der Waals surface area contributed by atoms with Crippen LogP contribution in [0.15, 0.2) is 41.3 Å². The van der Waals surface area contributed by atoms with Crippen molar-refractivity contribution >= 4 is 21.7 Å². The standard InChI is InChI=1S/C17H18FNO6S/c1-11-7-13(18)10-14(8-11)26(23,24)19-15-4-3-12(17(21)22)9-16(15)25-6-2-5-20/h3-4,7-10,19-20H,2,5-6H2,1H3,(H,21,22). The number of carbonyl (C=O) groups is 1. The lowest BCUT2D eigenvalue weighted by atomic mass is 10.2. The van der Waals surface area contributed by atoms with E-state index < -0.39 is 21.8 Å². The smallest absolute Gasteiger partial charge is 0.335 e. The molecule has 2 rings (SSSR count). The lowest BCUT2D eigenvalue weighted by Crippen LogP contribution is -2.15. The third kappa shape index (κ3) is 4.93. The summed E-state index contributed by atoms with van der Waals surface area (Å²) in [5, 5.41) is 17.9. The summed E-state index contributed by atoms with van der Waals surface area (Å²) >= 11 is 0. The van der Waals surface area contributed by atoms with Crippen molar-refractivity contribution < 1.29 is 32.6 Å². The van der Waals surface area contributed by atoms with E-state index >= 15 is 0 Å². The van der Waals surface area contributed by atoms with Gasteiger partial charge in [0.25, 0.3) is 10.0 Å². The summed E-state index contributed by atoms with van der Waals surface area (Å²) in [6.07, 6.45) is 0.284. The number of benzene rings is 2. The molecule has 0 amide bonds. The molecule has 0 spiro atoms. The van der Waals surface area contributed by atoms with E-state index in [9.17, 15) is 17.6 Å². The van der Waals surface area contributed by atoms with Crippen molar-refractivity contribution in [1.82, 2.24) is 0 Å². The van der Waals surface area contributed by atoms with Crippen LogP contribution in [-0.2, 0) is 10.0 Å². The molecule has 0 saturated carbocycles. The third-order valence-corrected chi connectivity index (χ3v) is 4.70. The second-order valence-corrected chi connectivity index (χ2v) is 7.19. The van der Waals surface area contributed by atoms with E-state index in [4.69, 9.17) is 14.9 Å². The predicted molar refractivity (Wildman–Crippen MR) is 92.5 cm³/mol. The Morgan fingerprint density at radius 2 is 1.96 bits per heavy atom. The highest BCUT2D eigenvalue weighted by molar-refractivity contribution is 7.92. The number of nitrogens with one attached hydrogen (secondary N) is 1. The van der Waals surface area contributed by atoms with E-state index in [1.165, 1.54) is 30.3 Å². The minimum absolute atomic E-state index is 0.00458. The number of hydrogen-bond donors (Lipinski definition) is 3. The Balaban J connectivity index is 2.38. The first-order valence-corrected chi connectivity index (χ1v) is 9.12. The first kappa shape index (κ1) is 19.7.